The minimum atomic E-state index is -0.138. The zero-order valence-corrected chi connectivity index (χ0v) is 12.1. The van der Waals surface area contributed by atoms with E-state index in [9.17, 15) is 4.39 Å². The van der Waals surface area contributed by atoms with E-state index in [-0.39, 0.29) is 11.4 Å². The van der Waals surface area contributed by atoms with Crippen LogP contribution in [0.5, 0.6) is 0 Å². The molecule has 3 nitrogen and oxygen atoms in total. The molecule has 0 radical (unpaired) electrons. The summed E-state index contributed by atoms with van der Waals surface area (Å²) in [6.45, 7) is 4.36. The Hall–Kier alpha value is -0.970. The number of likely N-dealkylation sites (N-methyl/N-ethyl adjacent to an activating group) is 2. The van der Waals surface area contributed by atoms with Crippen molar-refractivity contribution in [3.63, 3.8) is 0 Å². The SMILES string of the molecule is CC1CC(CN)(N(C)Cc2ccccc2F)CN1C. The summed E-state index contributed by atoms with van der Waals surface area (Å²) in [5, 5.41) is 0. The Morgan fingerprint density at radius 3 is 2.68 bits per heavy atom. The lowest BCUT2D eigenvalue weighted by Crippen LogP contribution is -2.53. The number of rotatable bonds is 4. The molecule has 2 atom stereocenters. The largest absolute Gasteiger partial charge is 0.329 e. The molecule has 0 bridgehead atoms. The molecular formula is C15H24FN3. The third-order valence-corrected chi connectivity index (χ3v) is 4.53. The van der Waals surface area contributed by atoms with Crippen molar-refractivity contribution in [2.24, 2.45) is 5.73 Å². The summed E-state index contributed by atoms with van der Waals surface area (Å²) in [7, 11) is 4.17. The Morgan fingerprint density at radius 2 is 2.16 bits per heavy atom. The fraction of sp³-hybridized carbons (Fsp3) is 0.600. The van der Waals surface area contributed by atoms with Gasteiger partial charge < -0.3 is 10.6 Å². The van der Waals surface area contributed by atoms with E-state index in [4.69, 9.17) is 5.73 Å². The lowest BCUT2D eigenvalue weighted by molar-refractivity contribution is 0.124. The van der Waals surface area contributed by atoms with E-state index in [0.29, 0.717) is 19.1 Å². The summed E-state index contributed by atoms with van der Waals surface area (Å²) in [6.07, 6.45) is 1.03. The standard InChI is InChI=1S/C15H24FN3/c1-12-8-15(10-17,11-18(12)2)19(3)9-13-6-4-5-7-14(13)16/h4-7,12H,8-11,17H2,1-3H3. The molecule has 2 unspecified atom stereocenters. The summed E-state index contributed by atoms with van der Waals surface area (Å²) in [5.41, 5.74) is 6.71. The van der Waals surface area contributed by atoms with E-state index in [1.807, 2.05) is 19.2 Å². The Labute approximate surface area is 115 Å². The van der Waals surface area contributed by atoms with Crippen LogP contribution in [0.1, 0.15) is 18.9 Å². The average Bonchev–Trinajstić information content (AvgIpc) is 2.69. The highest BCUT2D eigenvalue weighted by molar-refractivity contribution is 5.18. The molecule has 2 N–H and O–H groups in total. The summed E-state index contributed by atoms with van der Waals surface area (Å²) in [5.74, 6) is -0.138. The predicted octanol–water partition coefficient (Wildman–Crippen LogP) is 1.68. The lowest BCUT2D eigenvalue weighted by Gasteiger charge is -2.38. The molecular weight excluding hydrogens is 241 g/mol. The molecule has 0 spiro atoms. The van der Waals surface area contributed by atoms with Crippen molar-refractivity contribution in [3.8, 4) is 0 Å². The first-order valence-electron chi connectivity index (χ1n) is 6.83. The molecule has 0 aromatic heterocycles. The van der Waals surface area contributed by atoms with E-state index in [0.717, 1.165) is 18.5 Å². The van der Waals surface area contributed by atoms with E-state index in [1.54, 1.807) is 6.07 Å². The highest BCUT2D eigenvalue weighted by Gasteiger charge is 2.42. The van der Waals surface area contributed by atoms with Crippen LogP contribution >= 0.6 is 0 Å². The molecule has 1 saturated heterocycles. The Kier molecular flexibility index (Phi) is 4.23. The van der Waals surface area contributed by atoms with Crippen molar-refractivity contribution in [2.45, 2.75) is 31.5 Å². The maximum Gasteiger partial charge on any atom is 0.127 e. The molecule has 19 heavy (non-hydrogen) atoms. The lowest BCUT2D eigenvalue weighted by atomic mass is 9.94. The molecule has 0 saturated carbocycles. The highest BCUT2D eigenvalue weighted by atomic mass is 19.1. The van der Waals surface area contributed by atoms with Crippen molar-refractivity contribution in [1.82, 2.24) is 9.80 Å². The fourth-order valence-corrected chi connectivity index (χ4v) is 3.02. The van der Waals surface area contributed by atoms with E-state index >= 15 is 0 Å². The van der Waals surface area contributed by atoms with Gasteiger partial charge in [0.2, 0.25) is 0 Å². The zero-order chi connectivity index (χ0) is 14.0. The predicted molar refractivity (Wildman–Crippen MR) is 76.4 cm³/mol. The molecule has 2 rings (SSSR count). The first-order chi connectivity index (χ1) is 8.98. The van der Waals surface area contributed by atoms with Gasteiger partial charge >= 0.3 is 0 Å². The molecule has 1 aliphatic heterocycles. The first kappa shape index (κ1) is 14.4. The van der Waals surface area contributed by atoms with Gasteiger partial charge in [-0.25, -0.2) is 4.39 Å². The number of nitrogens with two attached hydrogens (primary N) is 1. The van der Waals surface area contributed by atoms with Gasteiger partial charge in [0.15, 0.2) is 0 Å². The van der Waals surface area contributed by atoms with Crippen LogP contribution in [0.2, 0.25) is 0 Å². The third-order valence-electron chi connectivity index (χ3n) is 4.53. The quantitative estimate of drug-likeness (QED) is 0.899. The van der Waals surface area contributed by atoms with Crippen molar-refractivity contribution in [3.05, 3.63) is 35.6 Å². The maximum absolute atomic E-state index is 13.8. The molecule has 0 aliphatic carbocycles. The van der Waals surface area contributed by atoms with Crippen LogP contribution in [-0.2, 0) is 6.54 Å². The molecule has 1 aromatic rings. The minimum absolute atomic E-state index is 0.0452. The van der Waals surface area contributed by atoms with E-state index < -0.39 is 0 Å². The van der Waals surface area contributed by atoms with E-state index in [1.165, 1.54) is 6.07 Å². The van der Waals surface area contributed by atoms with Gasteiger partial charge in [-0.05, 0) is 33.5 Å². The van der Waals surface area contributed by atoms with Gasteiger partial charge in [-0.1, -0.05) is 18.2 Å². The molecule has 106 valence electrons. The van der Waals surface area contributed by atoms with Crippen LogP contribution in [0.25, 0.3) is 0 Å². The first-order valence-corrected chi connectivity index (χ1v) is 6.83. The minimum Gasteiger partial charge on any atom is -0.329 e. The number of benzene rings is 1. The zero-order valence-electron chi connectivity index (χ0n) is 12.1. The molecule has 1 fully saturated rings. The van der Waals surface area contributed by atoms with Crippen LogP contribution < -0.4 is 5.73 Å². The van der Waals surface area contributed by atoms with Crippen molar-refractivity contribution < 1.29 is 4.39 Å². The highest BCUT2D eigenvalue weighted by Crippen LogP contribution is 2.31. The van der Waals surface area contributed by atoms with Gasteiger partial charge in [0.05, 0.1) is 0 Å². The topological polar surface area (TPSA) is 32.5 Å². The smallest absolute Gasteiger partial charge is 0.127 e. The van der Waals surface area contributed by atoms with Crippen LogP contribution in [0, 0.1) is 5.82 Å². The second-order valence-corrected chi connectivity index (χ2v) is 5.84. The van der Waals surface area contributed by atoms with Gasteiger partial charge in [-0.2, -0.15) is 0 Å². The summed E-state index contributed by atoms with van der Waals surface area (Å²) < 4.78 is 13.8. The number of nitrogens with zero attached hydrogens (tertiary/aromatic N) is 2. The van der Waals surface area contributed by atoms with Crippen LogP contribution in [0.3, 0.4) is 0 Å². The fourth-order valence-electron chi connectivity index (χ4n) is 3.02. The van der Waals surface area contributed by atoms with Gasteiger partial charge in [0, 0.05) is 36.8 Å². The number of hydrogen-bond acceptors (Lipinski definition) is 3. The summed E-state index contributed by atoms with van der Waals surface area (Å²) >= 11 is 0. The maximum atomic E-state index is 13.8. The Morgan fingerprint density at radius 1 is 1.47 bits per heavy atom. The van der Waals surface area contributed by atoms with Crippen molar-refractivity contribution in [2.75, 3.05) is 27.2 Å². The van der Waals surface area contributed by atoms with Gasteiger partial charge in [-0.15, -0.1) is 0 Å². The van der Waals surface area contributed by atoms with Gasteiger partial charge in [-0.3, -0.25) is 4.90 Å². The van der Waals surface area contributed by atoms with Crippen molar-refractivity contribution in [1.29, 1.82) is 0 Å². The van der Waals surface area contributed by atoms with Crippen LogP contribution in [0.15, 0.2) is 24.3 Å². The molecule has 1 aromatic carbocycles. The molecule has 1 aliphatic rings. The summed E-state index contributed by atoms with van der Waals surface area (Å²) in [6, 6.07) is 7.49. The normalized spacial score (nSPS) is 28.2. The van der Waals surface area contributed by atoms with Gasteiger partial charge in [0.1, 0.15) is 5.82 Å². The molecule has 4 heteroatoms. The number of likely N-dealkylation sites (tertiary alicyclic amines) is 1. The van der Waals surface area contributed by atoms with Gasteiger partial charge in [0.25, 0.3) is 0 Å². The molecule has 1 heterocycles. The molecule has 0 amide bonds. The Balaban J connectivity index is 2.14. The van der Waals surface area contributed by atoms with Crippen LogP contribution in [0.4, 0.5) is 4.39 Å². The average molecular weight is 265 g/mol. The van der Waals surface area contributed by atoms with E-state index in [2.05, 4.69) is 23.8 Å². The summed E-state index contributed by atoms with van der Waals surface area (Å²) in [4.78, 5) is 4.54. The van der Waals surface area contributed by atoms with Crippen molar-refractivity contribution >= 4 is 0 Å². The third kappa shape index (κ3) is 2.81. The Bertz CT molecular complexity index is 425. The second-order valence-electron chi connectivity index (χ2n) is 5.84. The number of halogens is 1. The number of hydrogen-bond donors (Lipinski definition) is 1. The second kappa shape index (κ2) is 5.57. The monoisotopic (exact) mass is 265 g/mol. The van der Waals surface area contributed by atoms with Crippen LogP contribution in [-0.4, -0.2) is 48.6 Å².